The van der Waals surface area contributed by atoms with Crippen LogP contribution in [0.4, 0.5) is 0 Å². The van der Waals surface area contributed by atoms with E-state index in [4.69, 9.17) is 5.11 Å². The predicted molar refractivity (Wildman–Crippen MR) is 75.8 cm³/mol. The molecule has 0 saturated heterocycles. The molecule has 106 valence electrons. The summed E-state index contributed by atoms with van der Waals surface area (Å²) in [5, 5.41) is 8.83. The van der Waals surface area contributed by atoms with Crippen molar-refractivity contribution in [2.75, 3.05) is 0 Å². The molecule has 19 heavy (non-hydrogen) atoms. The Morgan fingerprint density at radius 2 is 2.11 bits per heavy atom. The molecule has 0 fully saturated rings. The number of sulfonamides is 1. The second kappa shape index (κ2) is 6.49. The summed E-state index contributed by atoms with van der Waals surface area (Å²) < 4.78 is 27.1. The zero-order valence-electron chi connectivity index (χ0n) is 10.7. The molecule has 5 nitrogen and oxygen atoms in total. The molecule has 1 unspecified atom stereocenters. The van der Waals surface area contributed by atoms with Crippen molar-refractivity contribution in [2.24, 2.45) is 0 Å². The molecule has 0 bridgehead atoms. The van der Waals surface area contributed by atoms with Crippen LogP contribution in [-0.2, 0) is 10.0 Å². The largest absolute Gasteiger partial charge is 0.478 e. The molecule has 2 N–H and O–H groups in total. The summed E-state index contributed by atoms with van der Waals surface area (Å²) in [5.74, 6) is -1.10. The van der Waals surface area contributed by atoms with Gasteiger partial charge in [-0.2, -0.15) is 0 Å². The fourth-order valence-electron chi connectivity index (χ4n) is 1.67. The third-order valence-electron chi connectivity index (χ3n) is 2.55. The van der Waals surface area contributed by atoms with Crippen LogP contribution in [0, 0.1) is 0 Å². The van der Waals surface area contributed by atoms with Crippen LogP contribution in [0.5, 0.6) is 0 Å². The maximum atomic E-state index is 12.1. The van der Waals surface area contributed by atoms with Gasteiger partial charge in [-0.3, -0.25) is 0 Å². The number of hydrogen-bond donors (Lipinski definition) is 2. The number of halogens is 1. The summed E-state index contributed by atoms with van der Waals surface area (Å²) in [6.45, 7) is 3.77. The lowest BCUT2D eigenvalue weighted by Crippen LogP contribution is -2.32. The first-order valence-corrected chi connectivity index (χ1v) is 8.10. The van der Waals surface area contributed by atoms with E-state index in [2.05, 4.69) is 20.7 Å². The molecule has 1 aromatic carbocycles. The summed E-state index contributed by atoms with van der Waals surface area (Å²) in [4.78, 5) is 10.8. The molecular weight excluding hydrogens is 334 g/mol. The van der Waals surface area contributed by atoms with Gasteiger partial charge in [0.2, 0.25) is 10.0 Å². The van der Waals surface area contributed by atoms with Crippen molar-refractivity contribution >= 4 is 31.9 Å². The quantitative estimate of drug-likeness (QED) is 0.826. The Hall–Kier alpha value is -0.920. The Labute approximate surface area is 121 Å². The van der Waals surface area contributed by atoms with Gasteiger partial charge in [0, 0.05) is 10.5 Å². The van der Waals surface area contributed by atoms with Crippen molar-refractivity contribution in [3.63, 3.8) is 0 Å². The van der Waals surface area contributed by atoms with E-state index in [9.17, 15) is 13.2 Å². The zero-order chi connectivity index (χ0) is 14.6. The summed E-state index contributed by atoms with van der Waals surface area (Å²) in [6.07, 6.45) is 1.62. The van der Waals surface area contributed by atoms with E-state index < -0.39 is 16.0 Å². The number of carbonyl (C=O) groups is 1. The third kappa shape index (κ3) is 4.29. The molecule has 0 amide bonds. The molecule has 7 heteroatoms. The molecule has 0 aromatic heterocycles. The Morgan fingerprint density at radius 1 is 1.47 bits per heavy atom. The minimum atomic E-state index is -3.64. The molecule has 1 rings (SSSR count). The van der Waals surface area contributed by atoms with Crippen LogP contribution in [-0.4, -0.2) is 25.5 Å². The van der Waals surface area contributed by atoms with E-state index >= 15 is 0 Å². The molecule has 0 heterocycles. The summed E-state index contributed by atoms with van der Waals surface area (Å²) in [7, 11) is -3.64. The van der Waals surface area contributed by atoms with Crippen molar-refractivity contribution in [3.05, 3.63) is 28.2 Å². The summed E-state index contributed by atoms with van der Waals surface area (Å²) >= 11 is 3.10. The first kappa shape index (κ1) is 16.1. The Kier molecular flexibility index (Phi) is 5.51. The molecule has 0 saturated carbocycles. The van der Waals surface area contributed by atoms with Gasteiger partial charge < -0.3 is 5.11 Å². The van der Waals surface area contributed by atoms with Crippen LogP contribution in [0.1, 0.15) is 37.0 Å². The van der Waals surface area contributed by atoms with Crippen LogP contribution >= 0.6 is 15.9 Å². The van der Waals surface area contributed by atoms with E-state index in [0.717, 1.165) is 12.8 Å². The number of rotatable bonds is 6. The summed E-state index contributed by atoms with van der Waals surface area (Å²) in [6, 6.07) is 3.67. The molecule has 0 aliphatic carbocycles. The molecule has 1 atom stereocenters. The number of nitrogens with one attached hydrogen (secondary N) is 1. The smallest absolute Gasteiger partial charge is 0.335 e. The lowest BCUT2D eigenvalue weighted by atomic mass is 10.2. The van der Waals surface area contributed by atoms with Gasteiger partial charge in [0.1, 0.15) is 0 Å². The standard InChI is InChI=1S/C12H16BrNO4S/c1-3-4-8(2)14-19(17,18)11-6-5-9(12(15)16)7-10(11)13/h5-8,14H,3-4H2,1-2H3,(H,15,16). The highest BCUT2D eigenvalue weighted by Crippen LogP contribution is 2.23. The monoisotopic (exact) mass is 349 g/mol. The first-order valence-electron chi connectivity index (χ1n) is 5.83. The molecule has 0 aliphatic rings. The topological polar surface area (TPSA) is 83.5 Å². The van der Waals surface area contributed by atoms with Crippen molar-refractivity contribution < 1.29 is 18.3 Å². The maximum Gasteiger partial charge on any atom is 0.335 e. The Morgan fingerprint density at radius 3 is 2.58 bits per heavy atom. The van der Waals surface area contributed by atoms with Crippen molar-refractivity contribution in [2.45, 2.75) is 37.6 Å². The molecule has 1 aromatic rings. The van der Waals surface area contributed by atoms with Crippen LogP contribution in [0.2, 0.25) is 0 Å². The van der Waals surface area contributed by atoms with Gasteiger partial charge in [-0.1, -0.05) is 13.3 Å². The van der Waals surface area contributed by atoms with Gasteiger partial charge >= 0.3 is 5.97 Å². The van der Waals surface area contributed by atoms with Crippen LogP contribution in [0.25, 0.3) is 0 Å². The van der Waals surface area contributed by atoms with Crippen molar-refractivity contribution in [1.29, 1.82) is 0 Å². The number of benzene rings is 1. The number of aromatic carboxylic acids is 1. The van der Waals surface area contributed by atoms with Crippen LogP contribution in [0.15, 0.2) is 27.6 Å². The Balaban J connectivity index is 3.05. The number of hydrogen-bond acceptors (Lipinski definition) is 3. The fourth-order valence-corrected chi connectivity index (χ4v) is 4.03. The normalized spacial score (nSPS) is 13.2. The average molecular weight is 350 g/mol. The highest BCUT2D eigenvalue weighted by Gasteiger charge is 2.20. The van der Waals surface area contributed by atoms with Gasteiger partial charge in [-0.15, -0.1) is 0 Å². The summed E-state index contributed by atoms with van der Waals surface area (Å²) in [5.41, 5.74) is 0.0347. The number of carboxylic acid groups (broad SMARTS) is 1. The highest BCUT2D eigenvalue weighted by atomic mass is 79.9. The van der Waals surface area contributed by atoms with Gasteiger partial charge in [0.25, 0.3) is 0 Å². The minimum absolute atomic E-state index is 0.0347. The van der Waals surface area contributed by atoms with Gasteiger partial charge in [0.05, 0.1) is 10.5 Å². The molecule has 0 aliphatic heterocycles. The molecule has 0 spiro atoms. The van der Waals surface area contributed by atoms with E-state index in [1.54, 1.807) is 6.92 Å². The lowest BCUT2D eigenvalue weighted by Gasteiger charge is -2.14. The SMILES string of the molecule is CCCC(C)NS(=O)(=O)c1ccc(C(=O)O)cc1Br. The van der Waals surface area contributed by atoms with Crippen LogP contribution < -0.4 is 4.72 Å². The van der Waals surface area contributed by atoms with Gasteiger partial charge in [0.15, 0.2) is 0 Å². The minimum Gasteiger partial charge on any atom is -0.478 e. The van der Waals surface area contributed by atoms with E-state index in [1.807, 2.05) is 6.92 Å². The van der Waals surface area contributed by atoms with E-state index in [0.29, 0.717) is 0 Å². The molecular formula is C12H16BrNO4S. The predicted octanol–water partition coefficient (Wildman–Crippen LogP) is 2.61. The Bertz CT molecular complexity index is 571. The first-order chi connectivity index (χ1) is 8.77. The van der Waals surface area contributed by atoms with E-state index in [-0.39, 0.29) is 21.0 Å². The van der Waals surface area contributed by atoms with Crippen LogP contribution in [0.3, 0.4) is 0 Å². The third-order valence-corrected chi connectivity index (χ3v) is 5.11. The second-order valence-corrected chi connectivity index (χ2v) is 6.80. The molecule has 0 radical (unpaired) electrons. The van der Waals surface area contributed by atoms with Gasteiger partial charge in [-0.05, 0) is 47.5 Å². The lowest BCUT2D eigenvalue weighted by molar-refractivity contribution is 0.0696. The zero-order valence-corrected chi connectivity index (χ0v) is 13.1. The van der Waals surface area contributed by atoms with Crippen molar-refractivity contribution in [1.82, 2.24) is 4.72 Å². The number of carboxylic acids is 1. The maximum absolute atomic E-state index is 12.1. The van der Waals surface area contributed by atoms with Crippen molar-refractivity contribution in [3.8, 4) is 0 Å². The highest BCUT2D eigenvalue weighted by molar-refractivity contribution is 9.10. The second-order valence-electron chi connectivity index (χ2n) is 4.26. The van der Waals surface area contributed by atoms with E-state index in [1.165, 1.54) is 18.2 Å². The average Bonchev–Trinajstić information content (AvgIpc) is 2.27. The van der Waals surface area contributed by atoms with Gasteiger partial charge in [-0.25, -0.2) is 17.9 Å². The fraction of sp³-hybridized carbons (Fsp3) is 0.417.